The molecule has 0 radical (unpaired) electrons. The Morgan fingerprint density at radius 1 is 1.11 bits per heavy atom. The second-order valence-corrected chi connectivity index (χ2v) is 8.02. The molecule has 0 saturated carbocycles. The lowest BCUT2D eigenvalue weighted by molar-refractivity contribution is -0.138. The van der Waals surface area contributed by atoms with E-state index in [9.17, 15) is 4.79 Å². The molecule has 0 aliphatic carbocycles. The van der Waals surface area contributed by atoms with Gasteiger partial charge in [0.2, 0.25) is 0 Å². The Hall–Kier alpha value is -0.370. The van der Waals surface area contributed by atoms with Crippen molar-refractivity contribution in [1.82, 2.24) is 4.90 Å². The lowest BCUT2D eigenvalue weighted by atomic mass is 9.61. The van der Waals surface area contributed by atoms with Crippen LogP contribution in [0.3, 0.4) is 0 Å². The summed E-state index contributed by atoms with van der Waals surface area (Å²) in [5.74, 6) is 1.11. The predicted octanol–water partition coefficient (Wildman–Crippen LogP) is 3.61. The quantitative estimate of drug-likeness (QED) is 0.749. The van der Waals surface area contributed by atoms with Crippen molar-refractivity contribution in [3.05, 3.63) is 0 Å². The molecular weight excluding hydrogens is 222 g/mol. The molecule has 0 N–H and O–H groups in total. The van der Waals surface area contributed by atoms with Crippen LogP contribution in [0, 0.1) is 22.7 Å². The van der Waals surface area contributed by atoms with Gasteiger partial charge in [0, 0.05) is 12.5 Å². The molecule has 1 aliphatic heterocycles. The maximum Gasteiger partial charge on any atom is 0.150 e. The zero-order valence-electron chi connectivity index (χ0n) is 13.3. The van der Waals surface area contributed by atoms with Gasteiger partial charge in [-0.15, -0.1) is 0 Å². The van der Waals surface area contributed by atoms with Gasteiger partial charge in [-0.2, -0.15) is 0 Å². The van der Waals surface area contributed by atoms with Gasteiger partial charge in [-0.3, -0.25) is 9.69 Å². The highest BCUT2D eigenvalue weighted by molar-refractivity contribution is 5.84. The van der Waals surface area contributed by atoms with Gasteiger partial charge in [-0.25, -0.2) is 0 Å². The molecule has 18 heavy (non-hydrogen) atoms. The zero-order chi connectivity index (χ0) is 14.1. The standard InChI is InChI=1S/C16H31NO/c1-8-9-17-10-12(15(2,3)4)14(13(18)11-17)16(5,6)7/h12,14H,8-11H2,1-7H3. The van der Waals surface area contributed by atoms with Crippen LogP contribution in [0.2, 0.25) is 0 Å². The number of nitrogens with zero attached hydrogens (tertiary/aromatic N) is 1. The third kappa shape index (κ3) is 3.57. The number of Topliss-reactive ketones (excluding diaryl/α,β-unsaturated/α-hetero) is 1. The summed E-state index contributed by atoms with van der Waals surface area (Å²) < 4.78 is 0. The van der Waals surface area contributed by atoms with Gasteiger partial charge in [0.25, 0.3) is 0 Å². The minimum atomic E-state index is 0.0767. The lowest BCUT2D eigenvalue weighted by Crippen LogP contribution is -2.54. The second kappa shape index (κ2) is 5.32. The fourth-order valence-corrected chi connectivity index (χ4v) is 3.34. The van der Waals surface area contributed by atoms with E-state index in [0.29, 0.717) is 18.2 Å². The van der Waals surface area contributed by atoms with E-state index in [1.165, 1.54) is 0 Å². The Labute approximate surface area is 113 Å². The monoisotopic (exact) mass is 253 g/mol. The molecule has 0 bridgehead atoms. The van der Waals surface area contributed by atoms with Crippen LogP contribution < -0.4 is 0 Å². The van der Waals surface area contributed by atoms with Crippen LogP contribution >= 0.6 is 0 Å². The first-order valence-electron chi connectivity index (χ1n) is 7.32. The second-order valence-electron chi connectivity index (χ2n) is 8.02. The number of rotatable bonds is 2. The van der Waals surface area contributed by atoms with E-state index in [0.717, 1.165) is 19.5 Å². The van der Waals surface area contributed by atoms with Crippen molar-refractivity contribution in [2.24, 2.45) is 22.7 Å². The van der Waals surface area contributed by atoms with Crippen molar-refractivity contribution < 1.29 is 4.79 Å². The molecule has 0 amide bonds. The molecule has 0 aromatic rings. The zero-order valence-corrected chi connectivity index (χ0v) is 13.3. The van der Waals surface area contributed by atoms with Gasteiger partial charge in [0.15, 0.2) is 5.78 Å². The first kappa shape index (κ1) is 15.7. The first-order chi connectivity index (χ1) is 8.07. The fraction of sp³-hybridized carbons (Fsp3) is 0.938. The first-order valence-corrected chi connectivity index (χ1v) is 7.32. The van der Waals surface area contributed by atoms with E-state index in [4.69, 9.17) is 0 Å². The van der Waals surface area contributed by atoms with Gasteiger partial charge in [-0.1, -0.05) is 48.5 Å². The minimum absolute atomic E-state index is 0.0767. The number of ketones is 1. The summed E-state index contributed by atoms with van der Waals surface area (Å²) in [4.78, 5) is 14.9. The molecule has 1 saturated heterocycles. The number of carbonyl (C=O) groups is 1. The Morgan fingerprint density at radius 2 is 1.67 bits per heavy atom. The van der Waals surface area contributed by atoms with Gasteiger partial charge in [0.05, 0.1) is 6.54 Å². The summed E-state index contributed by atoms with van der Waals surface area (Å²) >= 11 is 0. The molecular formula is C16H31NO. The van der Waals surface area contributed by atoms with E-state index >= 15 is 0 Å². The number of hydrogen-bond acceptors (Lipinski definition) is 2. The number of piperidine rings is 1. The average molecular weight is 253 g/mol. The molecule has 1 aliphatic rings. The Bertz CT molecular complexity index is 295. The van der Waals surface area contributed by atoms with Crippen molar-refractivity contribution in [2.75, 3.05) is 19.6 Å². The van der Waals surface area contributed by atoms with Crippen LogP contribution in [0.5, 0.6) is 0 Å². The number of likely N-dealkylation sites (tertiary alicyclic amines) is 1. The molecule has 0 aromatic carbocycles. The third-order valence-corrected chi connectivity index (χ3v) is 4.17. The summed E-state index contributed by atoms with van der Waals surface area (Å²) in [6.07, 6.45) is 1.13. The molecule has 2 atom stereocenters. The van der Waals surface area contributed by atoms with Crippen LogP contribution in [-0.4, -0.2) is 30.3 Å². The third-order valence-electron chi connectivity index (χ3n) is 4.17. The van der Waals surface area contributed by atoms with Gasteiger partial charge >= 0.3 is 0 Å². The van der Waals surface area contributed by atoms with Crippen molar-refractivity contribution in [2.45, 2.75) is 54.9 Å². The normalized spacial score (nSPS) is 27.6. The number of hydrogen-bond donors (Lipinski definition) is 0. The summed E-state index contributed by atoms with van der Waals surface area (Å²) in [6.45, 7) is 18.4. The maximum atomic E-state index is 12.5. The molecule has 106 valence electrons. The Morgan fingerprint density at radius 3 is 2.06 bits per heavy atom. The molecule has 0 aromatic heterocycles. The van der Waals surface area contributed by atoms with Gasteiger partial charge in [0.1, 0.15) is 0 Å². The molecule has 1 rings (SSSR count). The summed E-state index contributed by atoms with van der Waals surface area (Å²) in [5, 5.41) is 0. The molecule has 1 fully saturated rings. The van der Waals surface area contributed by atoms with Crippen LogP contribution in [0.25, 0.3) is 0 Å². The van der Waals surface area contributed by atoms with Crippen molar-refractivity contribution in [3.8, 4) is 0 Å². The van der Waals surface area contributed by atoms with E-state index in [1.807, 2.05) is 0 Å². The van der Waals surface area contributed by atoms with Gasteiger partial charge < -0.3 is 0 Å². The van der Waals surface area contributed by atoms with E-state index < -0.39 is 0 Å². The fourth-order valence-electron chi connectivity index (χ4n) is 3.34. The van der Waals surface area contributed by atoms with Crippen molar-refractivity contribution in [3.63, 3.8) is 0 Å². The summed E-state index contributed by atoms with van der Waals surface area (Å²) in [6, 6.07) is 0. The molecule has 2 nitrogen and oxygen atoms in total. The molecule has 2 heteroatoms. The minimum Gasteiger partial charge on any atom is -0.298 e. The predicted molar refractivity (Wildman–Crippen MR) is 77.6 cm³/mol. The van der Waals surface area contributed by atoms with E-state index in [-0.39, 0.29) is 16.7 Å². The highest BCUT2D eigenvalue weighted by Crippen LogP contribution is 2.44. The SMILES string of the molecule is CCCN1CC(=O)C(C(C)(C)C)C(C(C)(C)C)C1. The Kier molecular flexibility index (Phi) is 4.64. The van der Waals surface area contributed by atoms with E-state index in [2.05, 4.69) is 53.4 Å². The maximum absolute atomic E-state index is 12.5. The Balaban J connectivity index is 2.99. The molecule has 0 spiro atoms. The average Bonchev–Trinajstić information content (AvgIpc) is 2.13. The van der Waals surface area contributed by atoms with Crippen LogP contribution in [0.1, 0.15) is 54.9 Å². The smallest absolute Gasteiger partial charge is 0.150 e. The molecule has 2 unspecified atom stereocenters. The lowest BCUT2D eigenvalue weighted by Gasteiger charge is -2.48. The van der Waals surface area contributed by atoms with Crippen molar-refractivity contribution in [1.29, 1.82) is 0 Å². The van der Waals surface area contributed by atoms with Crippen LogP contribution in [0.15, 0.2) is 0 Å². The number of carbonyl (C=O) groups excluding carboxylic acids is 1. The topological polar surface area (TPSA) is 20.3 Å². The largest absolute Gasteiger partial charge is 0.298 e. The van der Waals surface area contributed by atoms with E-state index in [1.54, 1.807) is 0 Å². The van der Waals surface area contributed by atoms with Crippen molar-refractivity contribution >= 4 is 5.78 Å². The van der Waals surface area contributed by atoms with Gasteiger partial charge in [-0.05, 0) is 29.7 Å². The highest BCUT2D eigenvalue weighted by atomic mass is 16.1. The molecule has 1 heterocycles. The van der Waals surface area contributed by atoms with Crippen LogP contribution in [0.4, 0.5) is 0 Å². The summed E-state index contributed by atoms with van der Waals surface area (Å²) in [7, 11) is 0. The highest BCUT2D eigenvalue weighted by Gasteiger charge is 2.46. The summed E-state index contributed by atoms with van der Waals surface area (Å²) in [5.41, 5.74) is 0.271. The van der Waals surface area contributed by atoms with Crippen LogP contribution in [-0.2, 0) is 4.79 Å².